The number of hydrogen-bond acceptors (Lipinski definition) is 4. The topological polar surface area (TPSA) is 70.1 Å². The molecule has 1 aliphatic heterocycles. The molecule has 20 heavy (non-hydrogen) atoms. The third-order valence-corrected chi connectivity index (χ3v) is 3.11. The Morgan fingerprint density at radius 2 is 2.10 bits per heavy atom. The molecule has 5 heteroatoms. The van der Waals surface area contributed by atoms with Crippen molar-refractivity contribution >= 4 is 11.4 Å². The molecule has 0 atom stereocenters. The first kappa shape index (κ1) is 12.5. The zero-order valence-electron chi connectivity index (χ0n) is 11.3. The summed E-state index contributed by atoms with van der Waals surface area (Å²) < 4.78 is 7.41. The van der Waals surface area contributed by atoms with Crippen molar-refractivity contribution in [2.75, 3.05) is 5.73 Å². The molecule has 0 radical (unpaired) electrons. The van der Waals surface area contributed by atoms with Crippen molar-refractivity contribution < 1.29 is 4.74 Å². The van der Waals surface area contributed by atoms with Crippen LogP contribution < -0.4 is 16.0 Å². The average Bonchev–Trinajstić information content (AvgIpc) is 2.39. The van der Waals surface area contributed by atoms with E-state index in [9.17, 15) is 4.79 Å². The minimum Gasteiger partial charge on any atom is -0.483 e. The number of aromatic nitrogens is 2. The van der Waals surface area contributed by atoms with Crippen LogP contribution in [0.15, 0.2) is 47.7 Å². The summed E-state index contributed by atoms with van der Waals surface area (Å²) in [5.74, 6) is 0.705. The van der Waals surface area contributed by atoms with Crippen molar-refractivity contribution in [2.45, 2.75) is 19.4 Å². The summed E-state index contributed by atoms with van der Waals surface area (Å²) in [6.07, 6.45) is 6.87. The SMILES string of the molecule is CC1(C)C=C(n2cc(N)ccc2=O)c2cnccc2O1. The standard InChI is InChI=1S/C15H15N3O2/c1-15(2)7-12(11-8-17-6-5-13(11)20-15)18-9-10(16)3-4-14(18)19/h3-9H,16H2,1-2H3. The normalized spacial score (nSPS) is 16.0. The van der Waals surface area contributed by atoms with E-state index in [4.69, 9.17) is 10.5 Å². The van der Waals surface area contributed by atoms with Gasteiger partial charge in [0.1, 0.15) is 11.4 Å². The van der Waals surface area contributed by atoms with Crippen LogP contribution in [0.5, 0.6) is 5.75 Å². The first-order valence-corrected chi connectivity index (χ1v) is 6.31. The fourth-order valence-electron chi connectivity index (χ4n) is 2.27. The van der Waals surface area contributed by atoms with Crippen molar-refractivity contribution in [3.8, 4) is 5.75 Å². The monoisotopic (exact) mass is 269 g/mol. The van der Waals surface area contributed by atoms with Crippen LogP contribution in [0.2, 0.25) is 0 Å². The van der Waals surface area contributed by atoms with Crippen LogP contribution >= 0.6 is 0 Å². The molecule has 0 aromatic carbocycles. The van der Waals surface area contributed by atoms with Crippen LogP contribution in [0.3, 0.4) is 0 Å². The summed E-state index contributed by atoms with van der Waals surface area (Å²) in [4.78, 5) is 16.2. The molecule has 3 rings (SSSR count). The van der Waals surface area contributed by atoms with Crippen LogP contribution in [0.4, 0.5) is 5.69 Å². The summed E-state index contributed by atoms with van der Waals surface area (Å²) in [5, 5.41) is 0. The molecule has 102 valence electrons. The molecule has 0 aliphatic carbocycles. The third kappa shape index (κ3) is 2.07. The fourth-order valence-corrected chi connectivity index (χ4v) is 2.27. The van der Waals surface area contributed by atoms with Crippen LogP contribution in [0.25, 0.3) is 5.70 Å². The third-order valence-electron chi connectivity index (χ3n) is 3.11. The number of nitrogens with two attached hydrogens (primary N) is 1. The predicted octanol–water partition coefficient (Wildman–Crippen LogP) is 1.89. The lowest BCUT2D eigenvalue weighted by molar-refractivity contribution is 0.157. The number of anilines is 1. The average molecular weight is 269 g/mol. The zero-order valence-corrected chi connectivity index (χ0v) is 11.3. The van der Waals surface area contributed by atoms with E-state index >= 15 is 0 Å². The van der Waals surface area contributed by atoms with Gasteiger partial charge in [-0.15, -0.1) is 0 Å². The zero-order chi connectivity index (χ0) is 14.3. The van der Waals surface area contributed by atoms with Gasteiger partial charge in [0.05, 0.1) is 11.3 Å². The first-order chi connectivity index (χ1) is 9.46. The number of hydrogen-bond donors (Lipinski definition) is 1. The largest absolute Gasteiger partial charge is 0.483 e. The van der Waals surface area contributed by atoms with Crippen molar-refractivity contribution in [1.29, 1.82) is 0 Å². The predicted molar refractivity (Wildman–Crippen MR) is 77.4 cm³/mol. The van der Waals surface area contributed by atoms with Gasteiger partial charge in [0.2, 0.25) is 0 Å². The smallest absolute Gasteiger partial charge is 0.255 e. The van der Waals surface area contributed by atoms with Gasteiger partial charge in [-0.05, 0) is 32.1 Å². The van der Waals surface area contributed by atoms with Gasteiger partial charge in [0.25, 0.3) is 5.56 Å². The molecular weight excluding hydrogens is 254 g/mol. The summed E-state index contributed by atoms with van der Waals surface area (Å²) in [7, 11) is 0. The Kier molecular flexibility index (Phi) is 2.64. The van der Waals surface area contributed by atoms with E-state index in [1.54, 1.807) is 30.7 Å². The number of nitrogens with zero attached hydrogens (tertiary/aromatic N) is 2. The molecule has 0 spiro atoms. The van der Waals surface area contributed by atoms with Crippen molar-refractivity contribution in [3.63, 3.8) is 0 Å². The molecule has 0 unspecified atom stereocenters. The van der Waals surface area contributed by atoms with E-state index in [-0.39, 0.29) is 5.56 Å². The lowest BCUT2D eigenvalue weighted by Crippen LogP contribution is -2.32. The highest BCUT2D eigenvalue weighted by Gasteiger charge is 2.27. The molecule has 3 heterocycles. The second kappa shape index (κ2) is 4.23. The molecule has 0 bridgehead atoms. The van der Waals surface area contributed by atoms with Gasteiger partial charge >= 0.3 is 0 Å². The second-order valence-electron chi connectivity index (χ2n) is 5.28. The van der Waals surface area contributed by atoms with Gasteiger partial charge in [-0.1, -0.05) is 0 Å². The van der Waals surface area contributed by atoms with Crippen molar-refractivity contribution in [3.05, 3.63) is 58.8 Å². The van der Waals surface area contributed by atoms with Crippen molar-refractivity contribution in [1.82, 2.24) is 9.55 Å². The molecule has 0 saturated carbocycles. The van der Waals surface area contributed by atoms with E-state index in [2.05, 4.69) is 4.98 Å². The molecule has 0 saturated heterocycles. The van der Waals surface area contributed by atoms with E-state index in [1.807, 2.05) is 19.9 Å². The van der Waals surface area contributed by atoms with Crippen molar-refractivity contribution in [2.24, 2.45) is 0 Å². The molecule has 2 aromatic rings. The maximum absolute atomic E-state index is 12.1. The Morgan fingerprint density at radius 3 is 2.90 bits per heavy atom. The van der Waals surface area contributed by atoms with E-state index in [1.165, 1.54) is 10.6 Å². The Bertz CT molecular complexity index is 760. The van der Waals surface area contributed by atoms with Crippen LogP contribution in [-0.4, -0.2) is 15.2 Å². The van der Waals surface area contributed by atoms with Gasteiger partial charge in [0, 0.05) is 30.3 Å². The number of ether oxygens (including phenoxy) is 1. The summed E-state index contributed by atoms with van der Waals surface area (Å²) >= 11 is 0. The summed E-state index contributed by atoms with van der Waals surface area (Å²) in [6, 6.07) is 4.84. The molecule has 5 nitrogen and oxygen atoms in total. The lowest BCUT2D eigenvalue weighted by atomic mass is 10.0. The van der Waals surface area contributed by atoms with Gasteiger partial charge in [0.15, 0.2) is 0 Å². The highest BCUT2D eigenvalue weighted by molar-refractivity contribution is 5.73. The Balaban J connectivity index is 2.28. The molecule has 2 N–H and O–H groups in total. The van der Waals surface area contributed by atoms with Crippen LogP contribution in [0, 0.1) is 0 Å². The highest BCUT2D eigenvalue weighted by atomic mass is 16.5. The van der Waals surface area contributed by atoms with Gasteiger partial charge in [-0.25, -0.2) is 0 Å². The molecule has 0 amide bonds. The Labute approximate surface area is 116 Å². The lowest BCUT2D eigenvalue weighted by Gasteiger charge is -2.31. The summed E-state index contributed by atoms with van der Waals surface area (Å²) in [6.45, 7) is 3.88. The van der Waals surface area contributed by atoms with E-state index in [0.29, 0.717) is 11.4 Å². The van der Waals surface area contributed by atoms with Gasteiger partial charge in [-0.3, -0.25) is 14.3 Å². The minimum absolute atomic E-state index is 0.141. The minimum atomic E-state index is -0.506. The first-order valence-electron chi connectivity index (χ1n) is 6.31. The van der Waals surface area contributed by atoms with Crippen LogP contribution in [0.1, 0.15) is 19.4 Å². The molecule has 0 fully saturated rings. The van der Waals surface area contributed by atoms with Gasteiger partial charge in [-0.2, -0.15) is 0 Å². The Hall–Kier alpha value is -2.56. The number of fused-ring (bicyclic) bond motifs is 1. The van der Waals surface area contributed by atoms with E-state index < -0.39 is 5.60 Å². The van der Waals surface area contributed by atoms with Crippen LogP contribution in [-0.2, 0) is 0 Å². The van der Waals surface area contributed by atoms with Gasteiger partial charge < -0.3 is 10.5 Å². The molecule has 2 aromatic heterocycles. The summed E-state index contributed by atoms with van der Waals surface area (Å²) in [5.41, 5.74) is 7.18. The number of rotatable bonds is 1. The van der Waals surface area contributed by atoms with E-state index in [0.717, 1.165) is 11.3 Å². The number of nitrogen functional groups attached to an aromatic ring is 1. The maximum Gasteiger partial charge on any atom is 0.255 e. The molecular formula is C15H15N3O2. The highest BCUT2D eigenvalue weighted by Crippen LogP contribution is 2.35. The maximum atomic E-state index is 12.1. The second-order valence-corrected chi connectivity index (χ2v) is 5.28. The quantitative estimate of drug-likeness (QED) is 0.858. The number of pyridine rings is 2. The fraction of sp³-hybridized carbons (Fsp3) is 0.200. The Morgan fingerprint density at radius 1 is 1.30 bits per heavy atom. The molecule has 1 aliphatic rings.